The Morgan fingerprint density at radius 1 is 1.09 bits per heavy atom. The van der Waals surface area contributed by atoms with Gasteiger partial charge in [-0.15, -0.1) is 11.3 Å². The van der Waals surface area contributed by atoms with Crippen molar-refractivity contribution in [1.29, 1.82) is 0 Å². The molecule has 0 aliphatic carbocycles. The minimum absolute atomic E-state index is 0.190. The topological polar surface area (TPSA) is 80.8 Å². The van der Waals surface area contributed by atoms with Gasteiger partial charge < -0.3 is 4.74 Å². The highest BCUT2D eigenvalue weighted by molar-refractivity contribution is 7.91. The van der Waals surface area contributed by atoms with Crippen LogP contribution in [0.4, 0.5) is 0 Å². The summed E-state index contributed by atoms with van der Waals surface area (Å²) in [6, 6.07) is 16.4. The molecule has 0 bridgehead atoms. The molecule has 4 rings (SSSR count). The molecule has 1 atom stereocenters. The standard InChI is InChI=1S/C23H20ClNO5S2/c24-18-7-3-6-17(13-18)21(26)15-30-22(27)14-20-19-8-2-1-5-16(19)10-11-25(20)32(28,29)23-9-4-12-31-23/h1-9,12-13,20H,10-11,14-15H2. The molecule has 2 heterocycles. The molecule has 6 nitrogen and oxygen atoms in total. The second kappa shape index (κ2) is 9.54. The van der Waals surface area contributed by atoms with Crippen LogP contribution in [0.1, 0.15) is 33.9 Å². The zero-order chi connectivity index (χ0) is 22.7. The van der Waals surface area contributed by atoms with Crippen LogP contribution in [0.25, 0.3) is 0 Å². The Labute approximate surface area is 195 Å². The molecule has 1 unspecified atom stereocenters. The van der Waals surface area contributed by atoms with Crippen LogP contribution in [-0.2, 0) is 26.0 Å². The quantitative estimate of drug-likeness (QED) is 0.360. The van der Waals surface area contributed by atoms with Gasteiger partial charge in [-0.3, -0.25) is 9.59 Å². The van der Waals surface area contributed by atoms with E-state index < -0.39 is 28.6 Å². The summed E-state index contributed by atoms with van der Waals surface area (Å²) in [7, 11) is -3.77. The van der Waals surface area contributed by atoms with Gasteiger partial charge in [0, 0.05) is 17.1 Å². The minimum atomic E-state index is -3.77. The third-order valence-corrected chi connectivity index (χ3v) is 8.81. The van der Waals surface area contributed by atoms with Crippen molar-refractivity contribution in [3.05, 3.63) is 87.8 Å². The van der Waals surface area contributed by atoms with Gasteiger partial charge in [-0.05, 0) is 41.1 Å². The van der Waals surface area contributed by atoms with E-state index in [1.54, 1.807) is 35.7 Å². The molecule has 0 amide bonds. The van der Waals surface area contributed by atoms with E-state index in [0.29, 0.717) is 17.0 Å². The summed E-state index contributed by atoms with van der Waals surface area (Å²) in [5.41, 5.74) is 2.12. The summed E-state index contributed by atoms with van der Waals surface area (Å²) < 4.78 is 33.3. The van der Waals surface area contributed by atoms with E-state index in [9.17, 15) is 18.0 Å². The van der Waals surface area contributed by atoms with Crippen LogP contribution in [0.3, 0.4) is 0 Å². The first kappa shape index (κ1) is 22.7. The number of benzene rings is 2. The van der Waals surface area contributed by atoms with Gasteiger partial charge >= 0.3 is 5.97 Å². The number of carbonyl (C=O) groups excluding carboxylic acids is 2. The number of thiophene rings is 1. The summed E-state index contributed by atoms with van der Waals surface area (Å²) in [6.45, 7) is -0.179. The Morgan fingerprint density at radius 3 is 2.66 bits per heavy atom. The predicted octanol–water partition coefficient (Wildman–Crippen LogP) is 4.51. The van der Waals surface area contributed by atoms with Gasteiger partial charge in [0.05, 0.1) is 12.5 Å². The Morgan fingerprint density at radius 2 is 1.91 bits per heavy atom. The maximum Gasteiger partial charge on any atom is 0.308 e. The van der Waals surface area contributed by atoms with Crippen molar-refractivity contribution in [3.63, 3.8) is 0 Å². The maximum absolute atomic E-state index is 13.3. The molecule has 9 heteroatoms. The van der Waals surface area contributed by atoms with Crippen molar-refractivity contribution in [3.8, 4) is 0 Å². The zero-order valence-electron chi connectivity index (χ0n) is 16.9. The van der Waals surface area contributed by atoms with Crippen molar-refractivity contribution < 1.29 is 22.7 Å². The molecule has 0 saturated heterocycles. The molecule has 0 fully saturated rings. The summed E-state index contributed by atoms with van der Waals surface area (Å²) in [5, 5.41) is 2.12. The largest absolute Gasteiger partial charge is 0.457 e. The number of sulfonamides is 1. The molecule has 3 aromatic rings. The molecule has 0 saturated carbocycles. The van der Waals surface area contributed by atoms with Crippen LogP contribution in [0, 0.1) is 0 Å². The van der Waals surface area contributed by atoms with Gasteiger partial charge in [-0.2, -0.15) is 4.31 Å². The molecule has 1 aliphatic rings. The van der Waals surface area contributed by atoms with Crippen LogP contribution in [0.2, 0.25) is 5.02 Å². The lowest BCUT2D eigenvalue weighted by atomic mass is 9.92. The van der Waals surface area contributed by atoms with Crippen molar-refractivity contribution in [1.82, 2.24) is 4.31 Å². The first-order valence-corrected chi connectivity index (χ1v) is 12.6. The first-order chi connectivity index (χ1) is 15.4. The van der Waals surface area contributed by atoms with E-state index in [-0.39, 0.29) is 23.0 Å². The van der Waals surface area contributed by atoms with Gasteiger partial charge in [0.1, 0.15) is 4.21 Å². The maximum atomic E-state index is 13.3. The average molecular weight is 490 g/mol. The van der Waals surface area contributed by atoms with Gasteiger partial charge in [-0.1, -0.05) is 54.1 Å². The molecule has 0 spiro atoms. The van der Waals surface area contributed by atoms with Gasteiger partial charge in [0.15, 0.2) is 12.4 Å². The molecule has 0 radical (unpaired) electrons. The zero-order valence-corrected chi connectivity index (χ0v) is 19.3. The number of nitrogens with zero attached hydrogens (tertiary/aromatic N) is 1. The van der Waals surface area contributed by atoms with E-state index in [0.717, 1.165) is 22.5 Å². The molecular weight excluding hydrogens is 470 g/mol. The van der Waals surface area contributed by atoms with Crippen LogP contribution in [0.15, 0.2) is 70.3 Å². The molecule has 32 heavy (non-hydrogen) atoms. The monoisotopic (exact) mass is 489 g/mol. The van der Waals surface area contributed by atoms with E-state index in [4.69, 9.17) is 16.3 Å². The number of rotatable bonds is 7. The highest BCUT2D eigenvalue weighted by Gasteiger charge is 2.38. The number of hydrogen-bond donors (Lipinski definition) is 0. The van der Waals surface area contributed by atoms with E-state index in [1.165, 1.54) is 10.4 Å². The lowest BCUT2D eigenvalue weighted by Gasteiger charge is -2.35. The van der Waals surface area contributed by atoms with Crippen molar-refractivity contribution >= 4 is 44.7 Å². The van der Waals surface area contributed by atoms with Crippen LogP contribution < -0.4 is 0 Å². The number of esters is 1. The summed E-state index contributed by atoms with van der Waals surface area (Å²) >= 11 is 7.05. The predicted molar refractivity (Wildman–Crippen MR) is 122 cm³/mol. The normalized spacial score (nSPS) is 16.3. The number of ether oxygens (including phenoxy) is 1. The smallest absolute Gasteiger partial charge is 0.308 e. The van der Waals surface area contributed by atoms with E-state index in [2.05, 4.69) is 0 Å². The number of carbonyl (C=O) groups is 2. The molecule has 0 N–H and O–H groups in total. The fraction of sp³-hybridized carbons (Fsp3) is 0.217. The second-order valence-electron chi connectivity index (χ2n) is 7.31. The number of fused-ring (bicyclic) bond motifs is 1. The average Bonchev–Trinajstić information content (AvgIpc) is 3.33. The highest BCUT2D eigenvalue weighted by Crippen LogP contribution is 2.37. The van der Waals surface area contributed by atoms with Crippen molar-refractivity contribution in [2.24, 2.45) is 0 Å². The van der Waals surface area contributed by atoms with Crippen LogP contribution >= 0.6 is 22.9 Å². The molecule has 1 aromatic heterocycles. The minimum Gasteiger partial charge on any atom is -0.457 e. The van der Waals surface area contributed by atoms with Crippen molar-refractivity contribution in [2.45, 2.75) is 23.1 Å². The third-order valence-electron chi connectivity index (χ3n) is 5.29. The SMILES string of the molecule is O=C(CC1c2ccccc2CCN1S(=O)(=O)c1cccs1)OCC(=O)c1cccc(Cl)c1. The van der Waals surface area contributed by atoms with Gasteiger partial charge in [0.2, 0.25) is 0 Å². The van der Waals surface area contributed by atoms with Crippen LogP contribution in [-0.4, -0.2) is 37.6 Å². The summed E-state index contributed by atoms with van der Waals surface area (Å²) in [6.07, 6.45) is 0.365. The fourth-order valence-electron chi connectivity index (χ4n) is 3.76. The number of ketones is 1. The highest BCUT2D eigenvalue weighted by atomic mass is 35.5. The Hall–Kier alpha value is -2.52. The number of halogens is 1. The fourth-order valence-corrected chi connectivity index (χ4v) is 6.68. The van der Waals surface area contributed by atoms with E-state index >= 15 is 0 Å². The Kier molecular flexibility index (Phi) is 6.76. The Balaban J connectivity index is 1.53. The van der Waals surface area contributed by atoms with Crippen molar-refractivity contribution in [2.75, 3.05) is 13.2 Å². The number of hydrogen-bond acceptors (Lipinski definition) is 6. The van der Waals surface area contributed by atoms with Crippen LogP contribution in [0.5, 0.6) is 0 Å². The lowest BCUT2D eigenvalue weighted by molar-refractivity contribution is -0.143. The molecule has 2 aromatic carbocycles. The second-order valence-corrected chi connectivity index (χ2v) is 10.8. The first-order valence-electron chi connectivity index (χ1n) is 9.94. The molecular formula is C23H20ClNO5S2. The van der Waals surface area contributed by atoms with Gasteiger partial charge in [-0.25, -0.2) is 8.42 Å². The lowest BCUT2D eigenvalue weighted by Crippen LogP contribution is -2.41. The third kappa shape index (κ3) is 4.78. The van der Waals surface area contributed by atoms with E-state index in [1.807, 2.05) is 24.3 Å². The Bertz CT molecular complexity index is 1240. The van der Waals surface area contributed by atoms with Gasteiger partial charge in [0.25, 0.3) is 10.0 Å². The summed E-state index contributed by atoms with van der Waals surface area (Å²) in [4.78, 5) is 25.0. The summed E-state index contributed by atoms with van der Waals surface area (Å²) in [5.74, 6) is -1.03. The number of Topliss-reactive ketones (excluding diaryl/α,β-unsaturated/α-hetero) is 1. The molecule has 1 aliphatic heterocycles. The molecule has 166 valence electrons.